The third-order valence-corrected chi connectivity index (χ3v) is 23.6. The Kier molecular flexibility index (Phi) is 30.0. The largest absolute Gasteiger partial charge is 0.508 e. The molecule has 712 valence electrons. The highest BCUT2D eigenvalue weighted by Crippen LogP contribution is 2.52. The van der Waals surface area contributed by atoms with Gasteiger partial charge in [0.15, 0.2) is 71.3 Å². The summed E-state index contributed by atoms with van der Waals surface area (Å²) in [6.07, 6.45) is -27.2. The number of phenols is 4. The first kappa shape index (κ1) is 96.9. The Balaban J connectivity index is 1.09. The third-order valence-electron chi connectivity index (χ3n) is 23.1. The monoisotopic (exact) mass is 1890 g/mol. The first-order valence-electron chi connectivity index (χ1n) is 41.9. The van der Waals surface area contributed by atoms with Crippen molar-refractivity contribution in [2.24, 2.45) is 45.7 Å². The minimum Gasteiger partial charge on any atom is -0.508 e. The number of rotatable bonds is 20. The van der Waals surface area contributed by atoms with Gasteiger partial charge in [-0.3, -0.25) is 0 Å². The average Bonchev–Trinajstić information content (AvgIpc) is 0.754. The standard InChI is InChI=1S/C88H97Cl2N9O34/c1-3-4-5-6-7-40(104)12-17-60(109)94-68-74(114)71(111)58(31-101)130-87(68)133-78-55-25-39-26-56(78)127-52-16-11-37(23-47(52)90)77(132-86-67(92-33(2)103)73(113)70(110)57(30-100)129-86)69-84(122)98-66(85(123)124)45-28-42(106)29-54(128-88-76(116)75(115)72(112)59(32-102)131-88)61(45)44-22-36(10-13-49(44)107)63(81(119)99-69)96-83(121)65(39)97-82(120)64-38-20-41(105)27-43(21-38)125-53-24-35(9-14-50(53)108)62(91)80(118)93-48(79(117)95-64)19-34-8-15-51(126-55)46(89)18-34/h8-11,13-16,18,20-29,40,48,57-59,62-77,86-88,100-102,104-108,110-116H,3-7,12,17,19,30-32,91H2,1-2H3,(H,92,103)(H,93,118)(H,94,109)(H,95,117)(H,96,121)(H,97,120)(H,98,122)(H,99,119)(H,123,124). The normalized spacial score (nSPS) is 29.4. The number of nitrogens with zero attached hydrogens (tertiary/aromatic N) is 8. The van der Waals surface area contributed by atoms with E-state index in [-0.39, 0.29) is 57.4 Å². The number of phenolic OH excluding ortho intramolecular Hbond substituents is 4. The number of ether oxygens (including phenoxy) is 9. The average molecular weight is 1900 g/mol. The highest BCUT2D eigenvalue weighted by molar-refractivity contribution is 6.32. The SMILES string of the molecule is CCCCCCC(O)CCC(O)=NC1C(Oc2c3cc4cc2Oc2ccc(cc2Cl)C(OC2OC(CO)C(O)C(O)C2N=C(C)O)C2N=C(O)C(N=C(O)C4N=C(O)C4N=C(O)C(Cc5ccc(c(Cl)c5)O3)N=C(O)C(N)c3ccc(O)c(c3)Oc3cc(O)cc4c3)c3ccc(O)c(c3)-c3c(OC4OC(CO)C(O)C(O)C4O)cc(O)cc3C(C(=O)O)N=C2O)OC(CO)C(O)C1O. The number of aliphatic carboxylic acids is 1. The lowest BCUT2D eigenvalue weighted by molar-refractivity contribution is -0.279. The van der Waals surface area contributed by atoms with Gasteiger partial charge in [0.1, 0.15) is 132 Å². The van der Waals surface area contributed by atoms with Gasteiger partial charge in [-0.25, -0.2) is 44.7 Å². The van der Waals surface area contributed by atoms with Gasteiger partial charge in [0.2, 0.25) is 53.7 Å². The van der Waals surface area contributed by atoms with Gasteiger partial charge < -0.3 is 171 Å². The van der Waals surface area contributed by atoms with E-state index < -0.39 is 310 Å². The summed E-state index contributed by atoms with van der Waals surface area (Å²) < 4.78 is 57.5. The molecule has 9 aliphatic rings. The van der Waals surface area contributed by atoms with Gasteiger partial charge in [-0.05, 0) is 125 Å². The Morgan fingerprint density at radius 3 is 1.70 bits per heavy atom. The van der Waals surface area contributed by atoms with Crippen molar-refractivity contribution < 1.29 is 170 Å². The number of benzene rings is 7. The van der Waals surface area contributed by atoms with Crippen molar-refractivity contribution in [3.8, 4) is 80.1 Å². The maximum atomic E-state index is 14.3. The highest BCUT2D eigenvalue weighted by atomic mass is 35.5. The van der Waals surface area contributed by atoms with Crippen molar-refractivity contribution in [1.82, 2.24) is 0 Å². The molecule has 45 heteroatoms. The molecule has 17 bridgehead atoms. The molecule has 9 aliphatic heterocycles. The Hall–Kier alpha value is -12.1. The number of aliphatic imine (C=N–C) groups is 8. The van der Waals surface area contributed by atoms with Crippen molar-refractivity contribution in [2.75, 3.05) is 19.8 Å². The van der Waals surface area contributed by atoms with E-state index in [4.69, 9.17) is 71.6 Å². The van der Waals surface area contributed by atoms with Crippen LogP contribution in [0.25, 0.3) is 11.1 Å². The summed E-state index contributed by atoms with van der Waals surface area (Å²) in [7, 11) is 0. The van der Waals surface area contributed by atoms with Gasteiger partial charge in [-0.1, -0.05) is 80.1 Å². The van der Waals surface area contributed by atoms with Gasteiger partial charge in [-0.2, -0.15) is 0 Å². The second-order valence-electron chi connectivity index (χ2n) is 32.4. The van der Waals surface area contributed by atoms with Crippen LogP contribution in [0.5, 0.6) is 69.0 Å². The molecule has 16 rings (SSSR count). The number of nitrogens with two attached hydrogens (primary N) is 1. The molecular weight excluding hydrogens is 1800 g/mol. The molecule has 24 unspecified atom stereocenters. The summed E-state index contributed by atoms with van der Waals surface area (Å²) in [5.74, 6) is -18.6. The van der Waals surface area contributed by atoms with E-state index in [2.05, 4.69) is 39.9 Å². The lowest BCUT2D eigenvalue weighted by Crippen LogP contribution is -2.60. The molecule has 0 aliphatic carbocycles. The summed E-state index contributed by atoms with van der Waals surface area (Å²) >= 11 is 14.8. The number of carboxylic acids is 1. The van der Waals surface area contributed by atoms with Gasteiger partial charge in [0.05, 0.1) is 36.0 Å². The number of hydrogen-bond donors (Lipinski definition) is 25. The topological polar surface area (TPSA) is 711 Å². The molecular formula is C88H97Cl2N9O34. The van der Waals surface area contributed by atoms with E-state index >= 15 is 0 Å². The van der Waals surface area contributed by atoms with Crippen LogP contribution in [0.15, 0.2) is 155 Å². The second kappa shape index (κ2) is 41.2. The number of hydrogen-bond acceptors (Lipinski definition) is 34. The zero-order valence-corrected chi connectivity index (χ0v) is 71.8. The first-order chi connectivity index (χ1) is 63.4. The lowest BCUT2D eigenvalue weighted by Gasteiger charge is -2.42. The smallest absolute Gasteiger partial charge is 0.333 e. The minimum absolute atomic E-state index is 0.0680. The molecule has 26 N–H and O–H groups in total. The van der Waals surface area contributed by atoms with E-state index in [1.54, 1.807) is 0 Å². The van der Waals surface area contributed by atoms with Gasteiger partial charge >= 0.3 is 5.97 Å². The van der Waals surface area contributed by atoms with Crippen LogP contribution in [0.1, 0.15) is 134 Å². The molecule has 0 saturated carbocycles. The second-order valence-corrected chi connectivity index (χ2v) is 33.3. The predicted molar refractivity (Wildman–Crippen MR) is 470 cm³/mol. The Bertz CT molecular complexity index is 5720. The maximum Gasteiger partial charge on any atom is 0.333 e. The Morgan fingerprint density at radius 1 is 0.504 bits per heavy atom. The fraction of sp³-hybridized carbons (Fsp3) is 0.420. The molecule has 133 heavy (non-hydrogen) atoms. The van der Waals surface area contributed by atoms with E-state index in [0.717, 1.165) is 111 Å². The van der Waals surface area contributed by atoms with Crippen LogP contribution < -0.4 is 29.4 Å². The molecule has 7 aromatic carbocycles. The van der Waals surface area contributed by atoms with E-state index in [9.17, 15) is 127 Å². The zero-order chi connectivity index (χ0) is 95.6. The summed E-state index contributed by atoms with van der Waals surface area (Å²) in [5, 5.41) is 282. The molecule has 7 aromatic rings. The quantitative estimate of drug-likeness (QED) is 0.0210. The molecule has 0 amide bonds. The molecule has 0 spiro atoms. The van der Waals surface area contributed by atoms with Crippen LogP contribution in [0.3, 0.4) is 0 Å². The van der Waals surface area contributed by atoms with Crippen molar-refractivity contribution >= 4 is 76.4 Å². The van der Waals surface area contributed by atoms with Gasteiger partial charge in [0.25, 0.3) is 0 Å². The van der Waals surface area contributed by atoms with Crippen molar-refractivity contribution in [2.45, 2.75) is 212 Å². The minimum atomic E-state index is -2.64. The number of carbonyl (C=O) groups is 1. The summed E-state index contributed by atoms with van der Waals surface area (Å²) in [4.78, 5) is 49.9. The molecule has 0 aromatic heterocycles. The number of carboxylic acid groups (broad SMARTS) is 1. The molecule has 3 fully saturated rings. The molecule has 43 nitrogen and oxygen atoms in total. The van der Waals surface area contributed by atoms with Crippen LogP contribution in [0, 0.1) is 0 Å². The molecule has 24 atom stereocenters. The van der Waals surface area contributed by atoms with Crippen molar-refractivity contribution in [1.29, 1.82) is 0 Å². The summed E-state index contributed by atoms with van der Waals surface area (Å²) in [6, 6.07) is 0.815. The van der Waals surface area contributed by atoms with Crippen LogP contribution in [-0.4, -0.2) is 306 Å². The number of unbranched alkanes of at least 4 members (excludes halogenated alkanes) is 3. The Labute approximate surface area is 764 Å². The maximum absolute atomic E-state index is 14.3. The van der Waals surface area contributed by atoms with Crippen LogP contribution >= 0.6 is 23.2 Å². The molecule has 0 radical (unpaired) electrons. The zero-order valence-electron chi connectivity index (χ0n) is 70.3. The van der Waals surface area contributed by atoms with Crippen molar-refractivity contribution in [3.05, 3.63) is 164 Å². The molecule has 3 saturated heterocycles. The predicted octanol–water partition coefficient (Wildman–Crippen LogP) is 6.86. The fourth-order valence-corrected chi connectivity index (χ4v) is 16.6. The number of aliphatic hydroxyl groups is 19. The van der Waals surface area contributed by atoms with Crippen LogP contribution in [-0.2, 0) is 30.2 Å². The number of aliphatic hydroxyl groups excluding tert-OH is 19. The van der Waals surface area contributed by atoms with Gasteiger partial charge in [0, 0.05) is 48.6 Å². The first-order valence-corrected chi connectivity index (χ1v) is 42.6. The van der Waals surface area contributed by atoms with E-state index in [0.29, 0.717) is 12.8 Å². The lowest BCUT2D eigenvalue weighted by atomic mass is 9.90. The number of aromatic hydroxyl groups is 4. The van der Waals surface area contributed by atoms with Crippen LogP contribution in [0.4, 0.5) is 0 Å². The fourth-order valence-electron chi connectivity index (χ4n) is 16.1. The van der Waals surface area contributed by atoms with Crippen LogP contribution in [0.2, 0.25) is 10.0 Å². The number of fused-ring (bicyclic) bond motifs is 12. The van der Waals surface area contributed by atoms with Crippen molar-refractivity contribution in [3.63, 3.8) is 0 Å². The third kappa shape index (κ3) is 21.1. The summed E-state index contributed by atoms with van der Waals surface area (Å²) in [5.41, 5.74) is 2.99. The molecule has 9 heterocycles. The number of halogens is 2. The highest BCUT2D eigenvalue weighted by Gasteiger charge is 2.51. The van der Waals surface area contributed by atoms with E-state index in [1.165, 1.54) is 30.3 Å². The Morgan fingerprint density at radius 2 is 1.07 bits per heavy atom. The van der Waals surface area contributed by atoms with Gasteiger partial charge in [-0.15, -0.1) is 0 Å². The summed E-state index contributed by atoms with van der Waals surface area (Å²) in [6.45, 7) is -0.107. The van der Waals surface area contributed by atoms with E-state index in [1.807, 2.05) is 6.92 Å².